The largest absolute Gasteiger partial charge is 0.397 e. The molecule has 0 aliphatic carbocycles. The predicted octanol–water partition coefficient (Wildman–Crippen LogP) is -0.0511. The van der Waals surface area contributed by atoms with E-state index in [1.807, 2.05) is 0 Å². The molecule has 1 amide bonds. The molecule has 5 N–H and O–H groups in total. The molecule has 20 heavy (non-hydrogen) atoms. The molecule has 1 heterocycles. The van der Waals surface area contributed by atoms with Crippen molar-refractivity contribution in [3.05, 3.63) is 18.2 Å². The third-order valence-corrected chi connectivity index (χ3v) is 4.25. The number of nitrogen functional groups attached to an aromatic ring is 1. The van der Waals surface area contributed by atoms with Crippen molar-refractivity contribution in [2.24, 2.45) is 5.14 Å². The number of likely N-dealkylation sites (N-methyl/N-ethyl adjacent to an activating group) is 1. The molecule has 1 saturated heterocycles. The van der Waals surface area contributed by atoms with Crippen molar-refractivity contribution >= 4 is 27.3 Å². The Morgan fingerprint density at radius 1 is 1.40 bits per heavy atom. The van der Waals surface area contributed by atoms with Crippen LogP contribution in [-0.4, -0.2) is 38.9 Å². The summed E-state index contributed by atoms with van der Waals surface area (Å²) in [6, 6.07) is 4.42. The van der Waals surface area contributed by atoms with Crippen LogP contribution < -0.4 is 16.2 Å². The van der Waals surface area contributed by atoms with Crippen molar-refractivity contribution in [2.45, 2.75) is 23.8 Å². The maximum Gasteiger partial charge on any atom is 0.238 e. The van der Waals surface area contributed by atoms with Gasteiger partial charge in [-0.2, -0.15) is 0 Å². The second-order valence-corrected chi connectivity index (χ2v) is 6.51. The Bertz CT molecular complexity index is 630. The van der Waals surface area contributed by atoms with Crippen molar-refractivity contribution in [3.63, 3.8) is 0 Å². The number of benzene rings is 1. The first-order valence-corrected chi connectivity index (χ1v) is 7.75. The molecule has 0 saturated carbocycles. The fraction of sp³-hybridized carbons (Fsp3) is 0.417. The Kier molecular flexibility index (Phi) is 3.87. The van der Waals surface area contributed by atoms with E-state index < -0.39 is 10.0 Å². The molecule has 110 valence electrons. The topological polar surface area (TPSA) is 119 Å². The van der Waals surface area contributed by atoms with Gasteiger partial charge in [-0.3, -0.25) is 4.79 Å². The minimum atomic E-state index is -3.75. The van der Waals surface area contributed by atoms with E-state index in [0.717, 1.165) is 6.42 Å². The summed E-state index contributed by atoms with van der Waals surface area (Å²) in [5.74, 6) is 0.126. The summed E-state index contributed by atoms with van der Waals surface area (Å²) in [7, 11) is -2.00. The number of hydrogen-bond acceptors (Lipinski definition) is 5. The molecule has 1 unspecified atom stereocenters. The number of nitrogens with two attached hydrogens (primary N) is 2. The Labute approximate surface area is 118 Å². The van der Waals surface area contributed by atoms with Crippen LogP contribution in [0.2, 0.25) is 0 Å². The van der Waals surface area contributed by atoms with Crippen LogP contribution in [-0.2, 0) is 14.8 Å². The first-order valence-electron chi connectivity index (χ1n) is 6.20. The van der Waals surface area contributed by atoms with Crippen LogP contribution in [0.15, 0.2) is 23.1 Å². The number of likely N-dealkylation sites (tertiary alicyclic amines) is 1. The number of sulfonamides is 1. The maximum atomic E-state index is 11.4. The minimum Gasteiger partial charge on any atom is -0.397 e. The summed E-state index contributed by atoms with van der Waals surface area (Å²) in [4.78, 5) is 13.1. The molecule has 1 fully saturated rings. The Balaban J connectivity index is 2.13. The van der Waals surface area contributed by atoms with E-state index in [9.17, 15) is 13.2 Å². The SMILES string of the molecule is CN1CC(Nc2ccc(S(N)(=O)=O)cc2N)CCC1=O. The van der Waals surface area contributed by atoms with Crippen LogP contribution in [0, 0.1) is 0 Å². The summed E-state index contributed by atoms with van der Waals surface area (Å²) in [5, 5.41) is 8.27. The van der Waals surface area contributed by atoms with E-state index in [1.54, 1.807) is 18.0 Å². The van der Waals surface area contributed by atoms with Gasteiger partial charge in [0.2, 0.25) is 15.9 Å². The Morgan fingerprint density at radius 2 is 2.10 bits per heavy atom. The van der Waals surface area contributed by atoms with Gasteiger partial charge in [0.25, 0.3) is 0 Å². The van der Waals surface area contributed by atoms with Gasteiger partial charge in [0.1, 0.15) is 0 Å². The molecule has 8 heteroatoms. The molecular weight excluding hydrogens is 280 g/mol. The van der Waals surface area contributed by atoms with Gasteiger partial charge in [0.05, 0.1) is 16.3 Å². The van der Waals surface area contributed by atoms with E-state index in [0.29, 0.717) is 24.3 Å². The van der Waals surface area contributed by atoms with Gasteiger partial charge in [-0.1, -0.05) is 0 Å². The van der Waals surface area contributed by atoms with Gasteiger partial charge >= 0.3 is 0 Å². The van der Waals surface area contributed by atoms with Gasteiger partial charge in [0.15, 0.2) is 0 Å². The van der Waals surface area contributed by atoms with Crippen LogP contribution in [0.1, 0.15) is 12.8 Å². The molecule has 1 atom stereocenters. The first-order chi connectivity index (χ1) is 9.27. The average molecular weight is 298 g/mol. The van der Waals surface area contributed by atoms with Gasteiger partial charge in [-0.25, -0.2) is 13.6 Å². The standard InChI is InChI=1S/C12H18N4O3S/c1-16-7-8(2-5-12(16)17)15-11-4-3-9(6-10(11)13)20(14,18)19/h3-4,6,8,15H,2,5,7,13H2,1H3,(H2,14,18,19). The minimum absolute atomic E-state index is 0.0171. The molecule has 0 bridgehead atoms. The quantitative estimate of drug-likeness (QED) is 0.676. The van der Waals surface area contributed by atoms with Gasteiger partial charge in [-0.15, -0.1) is 0 Å². The third-order valence-electron chi connectivity index (χ3n) is 3.34. The fourth-order valence-corrected chi connectivity index (χ4v) is 2.75. The van der Waals surface area contributed by atoms with Crippen LogP contribution >= 0.6 is 0 Å². The summed E-state index contributed by atoms with van der Waals surface area (Å²) >= 11 is 0. The number of nitrogens with one attached hydrogen (secondary N) is 1. The molecule has 0 spiro atoms. The lowest BCUT2D eigenvalue weighted by Crippen LogP contribution is -2.43. The molecular formula is C12H18N4O3S. The number of hydrogen-bond donors (Lipinski definition) is 3. The lowest BCUT2D eigenvalue weighted by Gasteiger charge is -2.31. The van der Waals surface area contributed by atoms with Crippen molar-refractivity contribution in [3.8, 4) is 0 Å². The first kappa shape index (κ1) is 14.6. The van der Waals surface area contributed by atoms with E-state index in [4.69, 9.17) is 10.9 Å². The number of anilines is 2. The maximum absolute atomic E-state index is 11.4. The zero-order valence-corrected chi connectivity index (χ0v) is 12.0. The van der Waals surface area contributed by atoms with E-state index in [1.165, 1.54) is 12.1 Å². The van der Waals surface area contributed by atoms with Gasteiger partial charge in [-0.05, 0) is 24.6 Å². The zero-order chi connectivity index (χ0) is 14.9. The summed E-state index contributed by atoms with van der Waals surface area (Å²) in [6.07, 6.45) is 1.21. The third kappa shape index (κ3) is 3.20. The normalized spacial score (nSPS) is 20.0. The Morgan fingerprint density at radius 3 is 2.65 bits per heavy atom. The molecule has 1 aliphatic rings. The van der Waals surface area contributed by atoms with Crippen LogP contribution in [0.5, 0.6) is 0 Å². The fourth-order valence-electron chi connectivity index (χ4n) is 2.20. The van der Waals surface area contributed by atoms with E-state index >= 15 is 0 Å². The zero-order valence-electron chi connectivity index (χ0n) is 11.2. The lowest BCUT2D eigenvalue weighted by molar-refractivity contribution is -0.132. The van der Waals surface area contributed by atoms with Crippen molar-refractivity contribution in [2.75, 3.05) is 24.6 Å². The number of amides is 1. The molecule has 0 radical (unpaired) electrons. The second kappa shape index (κ2) is 5.29. The number of piperidine rings is 1. The van der Waals surface area contributed by atoms with Gasteiger partial charge in [0, 0.05) is 26.1 Å². The summed E-state index contributed by atoms with van der Waals surface area (Å²) < 4.78 is 22.4. The second-order valence-electron chi connectivity index (χ2n) is 4.95. The number of primary sulfonamides is 1. The molecule has 2 rings (SSSR count). The van der Waals surface area contributed by atoms with Gasteiger partial charge < -0.3 is 16.0 Å². The Hall–Kier alpha value is -1.80. The molecule has 1 aliphatic heterocycles. The number of rotatable bonds is 3. The molecule has 1 aromatic rings. The molecule has 7 nitrogen and oxygen atoms in total. The smallest absolute Gasteiger partial charge is 0.238 e. The van der Waals surface area contributed by atoms with Crippen LogP contribution in [0.25, 0.3) is 0 Å². The summed E-state index contributed by atoms with van der Waals surface area (Å²) in [6.45, 7) is 0.592. The average Bonchev–Trinajstić information content (AvgIpc) is 2.35. The summed E-state index contributed by atoms with van der Waals surface area (Å²) in [5.41, 5.74) is 6.79. The highest BCUT2D eigenvalue weighted by molar-refractivity contribution is 7.89. The highest BCUT2D eigenvalue weighted by Crippen LogP contribution is 2.24. The number of nitrogens with zero attached hydrogens (tertiary/aromatic N) is 1. The van der Waals surface area contributed by atoms with Crippen molar-refractivity contribution in [1.29, 1.82) is 0 Å². The molecule has 0 aromatic heterocycles. The van der Waals surface area contributed by atoms with Crippen LogP contribution in [0.3, 0.4) is 0 Å². The number of carbonyl (C=O) groups is 1. The van der Waals surface area contributed by atoms with Crippen molar-refractivity contribution < 1.29 is 13.2 Å². The molecule has 1 aromatic carbocycles. The van der Waals surface area contributed by atoms with E-state index in [-0.39, 0.29) is 16.8 Å². The monoisotopic (exact) mass is 298 g/mol. The number of carbonyl (C=O) groups excluding carboxylic acids is 1. The highest BCUT2D eigenvalue weighted by atomic mass is 32.2. The lowest BCUT2D eigenvalue weighted by atomic mass is 10.1. The predicted molar refractivity (Wildman–Crippen MR) is 76.5 cm³/mol. The van der Waals surface area contributed by atoms with Crippen molar-refractivity contribution in [1.82, 2.24) is 4.90 Å². The van der Waals surface area contributed by atoms with Crippen LogP contribution in [0.4, 0.5) is 11.4 Å². The van der Waals surface area contributed by atoms with E-state index in [2.05, 4.69) is 5.32 Å². The highest BCUT2D eigenvalue weighted by Gasteiger charge is 2.23.